The van der Waals surface area contributed by atoms with Gasteiger partial charge in [-0.3, -0.25) is 14.4 Å². The number of nitrogens with one attached hydrogen (secondary N) is 1. The molecule has 1 aromatic carbocycles. The van der Waals surface area contributed by atoms with Gasteiger partial charge in [-0.1, -0.05) is 30.3 Å². The van der Waals surface area contributed by atoms with Crippen LogP contribution in [0.3, 0.4) is 0 Å². The molecule has 3 N–H and O–H groups in total. The second-order valence-electron chi connectivity index (χ2n) is 5.09. The van der Waals surface area contributed by atoms with E-state index in [1.807, 2.05) is 6.07 Å². The molecule has 3 amide bonds. The second kappa shape index (κ2) is 6.88. The Balaban J connectivity index is 1.99. The zero-order chi connectivity index (χ0) is 15.2. The molecule has 0 aromatic heterocycles. The highest BCUT2D eigenvalue weighted by Crippen LogP contribution is 2.13. The molecule has 0 aliphatic carbocycles. The van der Waals surface area contributed by atoms with Gasteiger partial charge in [0.05, 0.1) is 6.54 Å². The molecule has 1 aromatic rings. The minimum atomic E-state index is -0.876. The largest absolute Gasteiger partial charge is 0.368 e. The Kier molecular flexibility index (Phi) is 4.92. The van der Waals surface area contributed by atoms with Crippen LogP contribution in [0.1, 0.15) is 30.9 Å². The summed E-state index contributed by atoms with van der Waals surface area (Å²) < 4.78 is 0. The standard InChI is InChI=1S/C15H19N3O3/c16-15(21)14(11-6-2-1-3-7-11)17-12(19)10-18-9-5-4-8-13(18)20/h1-3,6-7,14H,4-5,8-10H2,(H2,16,21)(H,17,19). The number of benzene rings is 1. The third-order valence-electron chi connectivity index (χ3n) is 3.48. The smallest absolute Gasteiger partial charge is 0.244 e. The van der Waals surface area contributed by atoms with Crippen LogP contribution in [0.4, 0.5) is 0 Å². The van der Waals surface area contributed by atoms with Gasteiger partial charge in [0.1, 0.15) is 6.04 Å². The van der Waals surface area contributed by atoms with Gasteiger partial charge < -0.3 is 16.0 Å². The molecule has 0 saturated carbocycles. The van der Waals surface area contributed by atoms with Crippen LogP contribution in [-0.4, -0.2) is 35.7 Å². The SMILES string of the molecule is NC(=O)C(NC(=O)CN1CCCCC1=O)c1ccccc1. The van der Waals surface area contributed by atoms with Gasteiger partial charge in [-0.25, -0.2) is 0 Å². The fourth-order valence-corrected chi connectivity index (χ4v) is 2.37. The predicted molar refractivity (Wildman–Crippen MR) is 77.0 cm³/mol. The van der Waals surface area contributed by atoms with E-state index in [0.717, 1.165) is 12.8 Å². The van der Waals surface area contributed by atoms with Gasteiger partial charge >= 0.3 is 0 Å². The van der Waals surface area contributed by atoms with Crippen molar-refractivity contribution in [2.75, 3.05) is 13.1 Å². The lowest BCUT2D eigenvalue weighted by molar-refractivity contribution is -0.138. The lowest BCUT2D eigenvalue weighted by atomic mass is 10.1. The number of amides is 3. The highest BCUT2D eigenvalue weighted by Gasteiger charge is 2.24. The summed E-state index contributed by atoms with van der Waals surface area (Å²) in [4.78, 5) is 36.7. The maximum Gasteiger partial charge on any atom is 0.244 e. The van der Waals surface area contributed by atoms with Gasteiger partial charge in [0, 0.05) is 13.0 Å². The maximum atomic E-state index is 12.0. The van der Waals surface area contributed by atoms with Crippen molar-refractivity contribution >= 4 is 17.7 Å². The molecule has 1 saturated heterocycles. The molecule has 0 spiro atoms. The van der Waals surface area contributed by atoms with Gasteiger partial charge in [0.15, 0.2) is 0 Å². The molecule has 0 bridgehead atoms. The number of likely N-dealkylation sites (tertiary alicyclic amines) is 1. The summed E-state index contributed by atoms with van der Waals surface area (Å²) in [5.74, 6) is -1.02. The summed E-state index contributed by atoms with van der Waals surface area (Å²) in [6, 6.07) is 7.93. The van der Waals surface area contributed by atoms with E-state index in [1.54, 1.807) is 24.3 Å². The monoisotopic (exact) mass is 289 g/mol. The first-order chi connectivity index (χ1) is 10.1. The van der Waals surface area contributed by atoms with Crippen molar-refractivity contribution in [2.45, 2.75) is 25.3 Å². The van der Waals surface area contributed by atoms with Crippen LogP contribution < -0.4 is 11.1 Å². The molecule has 1 aliphatic heterocycles. The number of carbonyl (C=O) groups excluding carboxylic acids is 3. The van der Waals surface area contributed by atoms with Crippen molar-refractivity contribution in [1.82, 2.24) is 10.2 Å². The van der Waals surface area contributed by atoms with Gasteiger partial charge in [0.25, 0.3) is 0 Å². The third kappa shape index (κ3) is 4.05. The molecule has 1 unspecified atom stereocenters. The van der Waals surface area contributed by atoms with Gasteiger partial charge in [0.2, 0.25) is 17.7 Å². The minimum absolute atomic E-state index is 0.0215. The maximum absolute atomic E-state index is 12.0. The van der Waals surface area contributed by atoms with Crippen LogP contribution in [0.25, 0.3) is 0 Å². The molecule has 1 aliphatic rings. The molecule has 0 radical (unpaired) electrons. The highest BCUT2D eigenvalue weighted by atomic mass is 16.2. The normalized spacial score (nSPS) is 16.4. The van der Waals surface area contributed by atoms with Crippen LogP contribution in [-0.2, 0) is 14.4 Å². The first kappa shape index (κ1) is 15.0. The Labute approximate surface area is 123 Å². The van der Waals surface area contributed by atoms with Crippen molar-refractivity contribution in [3.63, 3.8) is 0 Å². The van der Waals surface area contributed by atoms with E-state index in [-0.39, 0.29) is 18.4 Å². The average molecular weight is 289 g/mol. The number of carbonyl (C=O) groups is 3. The molecule has 1 atom stereocenters. The number of piperidine rings is 1. The number of rotatable bonds is 5. The Morgan fingerprint density at radius 2 is 1.95 bits per heavy atom. The van der Waals surface area contributed by atoms with Gasteiger partial charge in [-0.15, -0.1) is 0 Å². The first-order valence-corrected chi connectivity index (χ1v) is 6.99. The van der Waals surface area contributed by atoms with Crippen LogP contribution in [0, 0.1) is 0 Å². The summed E-state index contributed by atoms with van der Waals surface area (Å²) in [5, 5.41) is 2.59. The second-order valence-corrected chi connectivity index (χ2v) is 5.09. The van der Waals surface area contributed by atoms with Crippen LogP contribution >= 0.6 is 0 Å². The van der Waals surface area contributed by atoms with Crippen molar-refractivity contribution in [3.05, 3.63) is 35.9 Å². The summed E-state index contributed by atoms with van der Waals surface area (Å²) >= 11 is 0. The van der Waals surface area contributed by atoms with Gasteiger partial charge in [-0.2, -0.15) is 0 Å². The first-order valence-electron chi connectivity index (χ1n) is 6.99. The Morgan fingerprint density at radius 3 is 2.57 bits per heavy atom. The third-order valence-corrected chi connectivity index (χ3v) is 3.48. The molecule has 1 fully saturated rings. The fraction of sp³-hybridized carbons (Fsp3) is 0.400. The van der Waals surface area contributed by atoms with Crippen LogP contribution in [0.5, 0.6) is 0 Å². The lowest BCUT2D eigenvalue weighted by Gasteiger charge is -2.26. The average Bonchev–Trinajstić information content (AvgIpc) is 2.48. The molecular formula is C15H19N3O3. The van der Waals surface area contributed by atoms with Crippen LogP contribution in [0.15, 0.2) is 30.3 Å². The molecule has 6 heteroatoms. The Hall–Kier alpha value is -2.37. The number of hydrogen-bond donors (Lipinski definition) is 2. The van der Waals surface area contributed by atoms with E-state index in [0.29, 0.717) is 18.5 Å². The van der Waals surface area contributed by atoms with Crippen molar-refractivity contribution < 1.29 is 14.4 Å². The highest BCUT2D eigenvalue weighted by molar-refractivity contribution is 5.90. The summed E-state index contributed by atoms with van der Waals surface area (Å²) in [7, 11) is 0. The van der Waals surface area contributed by atoms with E-state index >= 15 is 0 Å². The topological polar surface area (TPSA) is 92.5 Å². The molecule has 6 nitrogen and oxygen atoms in total. The Bertz CT molecular complexity index is 530. The molecular weight excluding hydrogens is 270 g/mol. The van der Waals surface area contributed by atoms with E-state index in [9.17, 15) is 14.4 Å². The van der Waals surface area contributed by atoms with E-state index in [2.05, 4.69) is 5.32 Å². The lowest BCUT2D eigenvalue weighted by Crippen LogP contribution is -2.46. The zero-order valence-corrected chi connectivity index (χ0v) is 11.7. The zero-order valence-electron chi connectivity index (χ0n) is 11.7. The molecule has 21 heavy (non-hydrogen) atoms. The van der Waals surface area contributed by atoms with Gasteiger partial charge in [-0.05, 0) is 18.4 Å². The minimum Gasteiger partial charge on any atom is -0.368 e. The molecule has 112 valence electrons. The van der Waals surface area contributed by atoms with Crippen LogP contribution in [0.2, 0.25) is 0 Å². The summed E-state index contributed by atoms with van der Waals surface area (Å²) in [5.41, 5.74) is 5.97. The van der Waals surface area contributed by atoms with E-state index < -0.39 is 11.9 Å². The van der Waals surface area contributed by atoms with E-state index in [1.165, 1.54) is 4.90 Å². The number of nitrogens with zero attached hydrogens (tertiary/aromatic N) is 1. The quantitative estimate of drug-likeness (QED) is 0.818. The Morgan fingerprint density at radius 1 is 1.24 bits per heavy atom. The molecule has 1 heterocycles. The van der Waals surface area contributed by atoms with Crippen molar-refractivity contribution in [3.8, 4) is 0 Å². The van der Waals surface area contributed by atoms with Crippen molar-refractivity contribution in [2.24, 2.45) is 5.73 Å². The van der Waals surface area contributed by atoms with Crippen molar-refractivity contribution in [1.29, 1.82) is 0 Å². The number of hydrogen-bond acceptors (Lipinski definition) is 3. The number of primary amides is 1. The van der Waals surface area contributed by atoms with E-state index in [4.69, 9.17) is 5.73 Å². The molecule has 2 rings (SSSR count). The number of nitrogens with two attached hydrogens (primary N) is 1. The predicted octanol–water partition coefficient (Wildman–Crippen LogP) is 0.342. The fourth-order valence-electron chi connectivity index (χ4n) is 2.37. The summed E-state index contributed by atoms with van der Waals surface area (Å²) in [6.07, 6.45) is 2.24. The summed E-state index contributed by atoms with van der Waals surface area (Å²) in [6.45, 7) is 0.550.